The topological polar surface area (TPSA) is 87.3 Å². The van der Waals surface area contributed by atoms with Gasteiger partial charge in [-0.1, -0.05) is 29.8 Å². The monoisotopic (exact) mass is 339 g/mol. The lowest BCUT2D eigenvalue weighted by Gasteiger charge is -2.09. The number of halogens is 1. The minimum absolute atomic E-state index is 0.134. The molecule has 0 atom stereocenters. The van der Waals surface area contributed by atoms with Crippen LogP contribution >= 0.6 is 11.6 Å². The fourth-order valence-electron chi connectivity index (χ4n) is 1.60. The molecule has 6 nitrogen and oxygen atoms in total. The number of benzene rings is 2. The van der Waals surface area contributed by atoms with E-state index in [4.69, 9.17) is 11.6 Å². The first-order chi connectivity index (χ1) is 10.5. The van der Waals surface area contributed by atoms with Crippen LogP contribution in [0.1, 0.15) is 0 Å². The molecule has 22 heavy (non-hydrogen) atoms. The zero-order chi connectivity index (χ0) is 16.0. The van der Waals surface area contributed by atoms with Crippen molar-refractivity contribution in [2.24, 2.45) is 0 Å². The quantitative estimate of drug-likeness (QED) is 0.731. The molecule has 0 spiro atoms. The van der Waals surface area contributed by atoms with E-state index in [0.717, 1.165) is 0 Å². The first kappa shape index (κ1) is 16.3. The molecule has 2 aromatic rings. The molecule has 0 aliphatic carbocycles. The Morgan fingerprint density at radius 2 is 1.64 bits per heavy atom. The maximum absolute atomic E-state index is 11.9. The Morgan fingerprint density at radius 1 is 1.00 bits per heavy atom. The summed E-state index contributed by atoms with van der Waals surface area (Å²) in [6.07, 6.45) is 0. The summed E-state index contributed by atoms with van der Waals surface area (Å²) in [5.41, 5.74) is 0.549. The van der Waals surface area contributed by atoms with E-state index in [2.05, 4.69) is 15.4 Å². The second-order valence-corrected chi connectivity index (χ2v) is 6.48. The molecule has 2 aromatic carbocycles. The van der Waals surface area contributed by atoms with Gasteiger partial charge >= 0.3 is 6.03 Å². The van der Waals surface area contributed by atoms with E-state index in [1.165, 1.54) is 12.1 Å². The Bertz CT molecular complexity index is 734. The third-order valence-corrected chi connectivity index (χ3v) is 4.34. The van der Waals surface area contributed by atoms with Gasteiger partial charge in [-0.3, -0.25) is 0 Å². The fourth-order valence-corrected chi connectivity index (χ4v) is 2.67. The molecule has 0 aromatic heterocycles. The van der Waals surface area contributed by atoms with Crippen LogP contribution < -0.4 is 15.4 Å². The zero-order valence-electron chi connectivity index (χ0n) is 11.4. The lowest BCUT2D eigenvalue weighted by Crippen LogP contribution is -2.39. The van der Waals surface area contributed by atoms with Gasteiger partial charge in [0.2, 0.25) is 10.0 Å². The summed E-state index contributed by atoms with van der Waals surface area (Å²) in [5.74, 6) is 0. The maximum atomic E-state index is 11.9. The Balaban J connectivity index is 1.83. The molecule has 0 saturated carbocycles. The molecule has 0 aliphatic rings. The number of anilines is 1. The zero-order valence-corrected chi connectivity index (χ0v) is 13.0. The average molecular weight is 340 g/mol. The van der Waals surface area contributed by atoms with E-state index < -0.39 is 16.1 Å². The second-order valence-electron chi connectivity index (χ2n) is 4.28. The normalized spacial score (nSPS) is 11.0. The van der Waals surface area contributed by atoms with Crippen LogP contribution in [-0.4, -0.2) is 21.1 Å². The van der Waals surface area contributed by atoms with E-state index >= 15 is 0 Å². The smallest absolute Gasteiger partial charge is 0.320 e. The van der Waals surface area contributed by atoms with Crippen molar-refractivity contribution in [3.8, 4) is 0 Å². The third-order valence-electron chi connectivity index (χ3n) is 2.67. The molecule has 0 aliphatic heterocycles. The van der Waals surface area contributed by atoms with Crippen LogP contribution in [0.25, 0.3) is 0 Å². The molecular formula is C14H14ClN3O3S. The van der Waals surface area contributed by atoms with E-state index in [-0.39, 0.29) is 11.6 Å². The highest BCUT2D eigenvalue weighted by Crippen LogP contribution is 2.13. The van der Waals surface area contributed by atoms with Crippen molar-refractivity contribution in [2.45, 2.75) is 4.90 Å². The molecule has 0 saturated heterocycles. The molecule has 0 fully saturated rings. The minimum atomic E-state index is -3.64. The van der Waals surface area contributed by atoms with Gasteiger partial charge in [-0.2, -0.15) is 4.72 Å². The number of carbonyl (C=O) groups is 1. The SMILES string of the molecule is O=C(NCNS(=O)(=O)c1ccccc1)Nc1ccc(Cl)cc1. The van der Waals surface area contributed by atoms with E-state index in [0.29, 0.717) is 10.7 Å². The first-order valence-electron chi connectivity index (χ1n) is 6.32. The number of amides is 2. The summed E-state index contributed by atoms with van der Waals surface area (Å²) in [5, 5.41) is 5.51. The molecule has 0 unspecified atom stereocenters. The van der Waals surface area contributed by atoms with E-state index in [1.54, 1.807) is 42.5 Å². The van der Waals surface area contributed by atoms with Crippen LogP contribution in [0.2, 0.25) is 5.02 Å². The predicted molar refractivity (Wildman–Crippen MR) is 85.2 cm³/mol. The average Bonchev–Trinajstić information content (AvgIpc) is 2.50. The number of rotatable bonds is 5. The molecule has 2 amide bonds. The Morgan fingerprint density at radius 3 is 2.27 bits per heavy atom. The number of urea groups is 1. The van der Waals surface area contributed by atoms with Gasteiger partial charge in [0.05, 0.1) is 11.6 Å². The second kappa shape index (κ2) is 7.26. The standard InChI is InChI=1S/C14H14ClN3O3S/c15-11-6-8-12(9-7-11)18-14(19)16-10-17-22(20,21)13-4-2-1-3-5-13/h1-9,17H,10H2,(H2,16,18,19). The van der Waals surface area contributed by atoms with Gasteiger partial charge in [-0.15, -0.1) is 0 Å². The van der Waals surface area contributed by atoms with Crippen molar-refractivity contribution >= 4 is 33.3 Å². The molecule has 116 valence electrons. The lowest BCUT2D eigenvalue weighted by molar-refractivity contribution is 0.252. The number of carbonyl (C=O) groups excluding carboxylic acids is 1. The van der Waals surface area contributed by atoms with Gasteiger partial charge in [0.15, 0.2) is 0 Å². The summed E-state index contributed by atoms with van der Waals surface area (Å²) in [7, 11) is -3.64. The van der Waals surface area contributed by atoms with Gasteiger partial charge < -0.3 is 10.6 Å². The van der Waals surface area contributed by atoms with E-state index in [1.807, 2.05) is 0 Å². The van der Waals surface area contributed by atoms with Gasteiger partial charge in [-0.05, 0) is 36.4 Å². The Kier molecular flexibility index (Phi) is 5.37. The summed E-state index contributed by atoms with van der Waals surface area (Å²) >= 11 is 5.74. The van der Waals surface area contributed by atoms with Crippen LogP contribution in [0.3, 0.4) is 0 Å². The summed E-state index contributed by atoms with van der Waals surface area (Å²) in [4.78, 5) is 11.8. The highest BCUT2D eigenvalue weighted by atomic mass is 35.5. The lowest BCUT2D eigenvalue weighted by atomic mass is 10.3. The number of nitrogens with one attached hydrogen (secondary N) is 3. The highest BCUT2D eigenvalue weighted by Gasteiger charge is 2.12. The molecule has 2 rings (SSSR count). The first-order valence-corrected chi connectivity index (χ1v) is 8.18. The largest absolute Gasteiger partial charge is 0.324 e. The minimum Gasteiger partial charge on any atom is -0.324 e. The third kappa shape index (κ3) is 4.73. The maximum Gasteiger partial charge on any atom is 0.320 e. The van der Waals surface area contributed by atoms with Crippen molar-refractivity contribution in [3.63, 3.8) is 0 Å². The van der Waals surface area contributed by atoms with Crippen LogP contribution in [0.4, 0.5) is 10.5 Å². The van der Waals surface area contributed by atoms with Crippen molar-refractivity contribution in [2.75, 3.05) is 12.0 Å². The molecule has 3 N–H and O–H groups in total. The highest BCUT2D eigenvalue weighted by molar-refractivity contribution is 7.89. The summed E-state index contributed by atoms with van der Waals surface area (Å²) < 4.78 is 26.1. The molecule has 0 heterocycles. The van der Waals surface area contributed by atoms with Crippen LogP contribution in [0.5, 0.6) is 0 Å². The number of sulfonamides is 1. The number of hydrogen-bond acceptors (Lipinski definition) is 3. The summed E-state index contributed by atoms with van der Waals surface area (Å²) in [6.45, 7) is -0.226. The van der Waals surface area contributed by atoms with Crippen molar-refractivity contribution in [1.82, 2.24) is 10.0 Å². The van der Waals surface area contributed by atoms with Crippen LogP contribution in [0.15, 0.2) is 59.5 Å². The van der Waals surface area contributed by atoms with Crippen molar-refractivity contribution < 1.29 is 13.2 Å². The molecular weight excluding hydrogens is 326 g/mol. The predicted octanol–water partition coefficient (Wildman–Crippen LogP) is 2.40. The van der Waals surface area contributed by atoms with Crippen molar-refractivity contribution in [3.05, 3.63) is 59.6 Å². The molecule has 8 heteroatoms. The Hall–Kier alpha value is -2.09. The van der Waals surface area contributed by atoms with Crippen LogP contribution in [-0.2, 0) is 10.0 Å². The van der Waals surface area contributed by atoms with Crippen molar-refractivity contribution in [1.29, 1.82) is 0 Å². The molecule has 0 bridgehead atoms. The molecule has 0 radical (unpaired) electrons. The van der Waals surface area contributed by atoms with Crippen LogP contribution in [0, 0.1) is 0 Å². The van der Waals surface area contributed by atoms with Gasteiger partial charge in [-0.25, -0.2) is 13.2 Å². The van der Waals surface area contributed by atoms with Gasteiger partial charge in [0.1, 0.15) is 0 Å². The van der Waals surface area contributed by atoms with Gasteiger partial charge in [0, 0.05) is 10.7 Å². The van der Waals surface area contributed by atoms with E-state index in [9.17, 15) is 13.2 Å². The Labute approximate surface area is 133 Å². The summed E-state index contributed by atoms with van der Waals surface area (Å²) in [6, 6.07) is 13.9. The number of hydrogen-bond donors (Lipinski definition) is 3. The fraction of sp³-hybridized carbons (Fsp3) is 0.0714. The van der Waals surface area contributed by atoms with Gasteiger partial charge in [0.25, 0.3) is 0 Å².